The summed E-state index contributed by atoms with van der Waals surface area (Å²) in [4.78, 5) is 5.44. The zero-order chi connectivity index (χ0) is 17.9. The van der Waals surface area contributed by atoms with Crippen molar-refractivity contribution in [1.29, 1.82) is 0 Å². The average Bonchev–Trinajstić information content (AvgIpc) is 2.98. The van der Waals surface area contributed by atoms with Crippen molar-refractivity contribution < 1.29 is 8.42 Å². The van der Waals surface area contributed by atoms with E-state index in [-0.39, 0.29) is 24.1 Å². The van der Waals surface area contributed by atoms with E-state index < -0.39 is 10.0 Å². The minimum absolute atomic E-state index is 0.0742. The van der Waals surface area contributed by atoms with Gasteiger partial charge in [-0.05, 0) is 41.8 Å². The molecule has 0 atom stereocenters. The van der Waals surface area contributed by atoms with Gasteiger partial charge in [-0.3, -0.25) is 9.29 Å². The highest BCUT2D eigenvalue weighted by Crippen LogP contribution is 2.42. The summed E-state index contributed by atoms with van der Waals surface area (Å²) in [5, 5.41) is 2.10. The zero-order valence-corrected chi connectivity index (χ0v) is 16.6. The van der Waals surface area contributed by atoms with Crippen molar-refractivity contribution in [3.05, 3.63) is 45.9 Å². The Hall–Kier alpha value is -1.40. The van der Waals surface area contributed by atoms with Crippen LogP contribution in [0.5, 0.6) is 0 Å². The lowest BCUT2D eigenvalue weighted by Gasteiger charge is -2.27. The van der Waals surface area contributed by atoms with E-state index in [1.807, 2.05) is 18.2 Å². The zero-order valence-electron chi connectivity index (χ0n) is 15.0. The first-order valence-electron chi connectivity index (χ1n) is 8.29. The molecule has 0 unspecified atom stereocenters. The summed E-state index contributed by atoms with van der Waals surface area (Å²) in [6.07, 6.45) is 1.70. The van der Waals surface area contributed by atoms with Gasteiger partial charge in [0.05, 0.1) is 23.7 Å². The molecule has 2 aromatic rings. The molecule has 0 aliphatic heterocycles. The molecule has 132 valence electrons. The lowest BCUT2D eigenvalue weighted by atomic mass is 10.0. The molecule has 0 aromatic carbocycles. The highest BCUT2D eigenvalue weighted by Gasteiger charge is 2.29. The molecule has 0 saturated heterocycles. The molecule has 2 aromatic heterocycles. The highest BCUT2D eigenvalue weighted by atomic mass is 32.2. The van der Waals surface area contributed by atoms with E-state index in [0.29, 0.717) is 0 Å². The van der Waals surface area contributed by atoms with Crippen molar-refractivity contribution >= 4 is 27.0 Å². The van der Waals surface area contributed by atoms with Gasteiger partial charge in [0.1, 0.15) is 0 Å². The predicted molar refractivity (Wildman–Crippen MR) is 102 cm³/mol. The van der Waals surface area contributed by atoms with Crippen LogP contribution in [0, 0.1) is 0 Å². The Kier molecular flexibility index (Phi) is 6.04. The molecule has 6 heteroatoms. The Bertz CT molecular complexity index is 740. The van der Waals surface area contributed by atoms with Gasteiger partial charge in [-0.25, -0.2) is 8.42 Å². The van der Waals surface area contributed by atoms with Crippen LogP contribution in [0.25, 0.3) is 0 Å². The number of thiophene rings is 1. The largest absolute Gasteiger partial charge is 0.263 e. The molecule has 0 radical (unpaired) electrons. The summed E-state index contributed by atoms with van der Waals surface area (Å²) in [7, 11) is -3.39. The van der Waals surface area contributed by atoms with Crippen LogP contribution in [0.3, 0.4) is 0 Å². The number of pyridine rings is 1. The van der Waals surface area contributed by atoms with Crippen LogP contribution < -0.4 is 4.31 Å². The lowest BCUT2D eigenvalue weighted by Crippen LogP contribution is -2.33. The van der Waals surface area contributed by atoms with Gasteiger partial charge in [0.25, 0.3) is 0 Å². The Morgan fingerprint density at radius 1 is 1.17 bits per heavy atom. The molecule has 24 heavy (non-hydrogen) atoms. The lowest BCUT2D eigenvalue weighted by molar-refractivity contribution is 0.590. The second-order valence-corrected chi connectivity index (χ2v) is 9.53. The van der Waals surface area contributed by atoms with Crippen LogP contribution in [0.1, 0.15) is 62.6 Å². The van der Waals surface area contributed by atoms with Crippen LogP contribution in [-0.4, -0.2) is 19.2 Å². The number of sulfonamides is 1. The molecule has 4 nitrogen and oxygen atoms in total. The van der Waals surface area contributed by atoms with Gasteiger partial charge < -0.3 is 0 Å². The van der Waals surface area contributed by atoms with Crippen LogP contribution in [-0.2, 0) is 16.6 Å². The van der Waals surface area contributed by atoms with E-state index in [1.165, 1.54) is 0 Å². The number of nitrogens with zero attached hydrogens (tertiary/aromatic N) is 2. The van der Waals surface area contributed by atoms with Crippen molar-refractivity contribution in [3.63, 3.8) is 0 Å². The molecule has 2 rings (SSSR count). The maximum atomic E-state index is 12.9. The summed E-state index contributed by atoms with van der Waals surface area (Å²) in [5.41, 5.74) is 2.71. The molecular weight excluding hydrogens is 340 g/mol. The van der Waals surface area contributed by atoms with Gasteiger partial charge in [-0.2, -0.15) is 0 Å². The van der Waals surface area contributed by atoms with E-state index in [9.17, 15) is 8.42 Å². The van der Waals surface area contributed by atoms with Gasteiger partial charge in [0.2, 0.25) is 10.0 Å². The van der Waals surface area contributed by atoms with E-state index in [4.69, 9.17) is 0 Å². The third-order valence-corrected chi connectivity index (χ3v) is 6.95. The fourth-order valence-electron chi connectivity index (χ4n) is 2.58. The summed E-state index contributed by atoms with van der Waals surface area (Å²) in [6.45, 7) is 10.4. The molecule has 0 bridgehead atoms. The Labute approximate surface area is 149 Å². The fraction of sp³-hybridized carbons (Fsp3) is 0.500. The molecule has 0 aliphatic rings. The SMILES string of the molecule is CCS(=O)(=O)N(Cc1ccccn1)c1c(C(C)C)csc1C(C)C. The average molecular weight is 367 g/mol. The third kappa shape index (κ3) is 3.98. The Balaban J connectivity index is 2.62. The molecule has 2 heterocycles. The van der Waals surface area contributed by atoms with Gasteiger partial charge in [-0.1, -0.05) is 33.8 Å². The van der Waals surface area contributed by atoms with E-state index >= 15 is 0 Å². The minimum atomic E-state index is -3.39. The monoisotopic (exact) mass is 366 g/mol. The van der Waals surface area contributed by atoms with Crippen molar-refractivity contribution in [2.24, 2.45) is 0 Å². The van der Waals surface area contributed by atoms with Crippen molar-refractivity contribution in [2.45, 2.75) is 53.0 Å². The Morgan fingerprint density at radius 2 is 1.88 bits per heavy atom. The fourth-order valence-corrected chi connectivity index (χ4v) is 5.01. The minimum Gasteiger partial charge on any atom is -0.263 e. The van der Waals surface area contributed by atoms with Crippen molar-refractivity contribution in [2.75, 3.05) is 10.1 Å². The Morgan fingerprint density at radius 3 is 2.38 bits per heavy atom. The van der Waals surface area contributed by atoms with E-state index in [1.54, 1.807) is 28.8 Å². The number of aromatic nitrogens is 1. The molecule has 0 amide bonds. The number of hydrogen-bond acceptors (Lipinski definition) is 4. The molecule has 0 spiro atoms. The molecule has 0 saturated carbocycles. The third-order valence-electron chi connectivity index (χ3n) is 3.95. The maximum absolute atomic E-state index is 12.9. The van der Waals surface area contributed by atoms with E-state index in [0.717, 1.165) is 21.8 Å². The van der Waals surface area contributed by atoms with Crippen molar-refractivity contribution in [3.8, 4) is 0 Å². The summed E-state index contributed by atoms with van der Waals surface area (Å²) in [5.74, 6) is 0.614. The molecule has 0 aliphatic carbocycles. The van der Waals surface area contributed by atoms with Crippen LogP contribution >= 0.6 is 11.3 Å². The van der Waals surface area contributed by atoms with Gasteiger partial charge in [0.15, 0.2) is 0 Å². The van der Waals surface area contributed by atoms with Crippen LogP contribution in [0.2, 0.25) is 0 Å². The van der Waals surface area contributed by atoms with Crippen LogP contribution in [0.4, 0.5) is 5.69 Å². The topological polar surface area (TPSA) is 50.3 Å². The van der Waals surface area contributed by atoms with E-state index in [2.05, 4.69) is 38.1 Å². The first kappa shape index (κ1) is 18.9. The number of hydrogen-bond donors (Lipinski definition) is 0. The first-order valence-corrected chi connectivity index (χ1v) is 10.8. The number of anilines is 1. The second kappa shape index (κ2) is 7.66. The normalized spacial score (nSPS) is 12.1. The highest BCUT2D eigenvalue weighted by molar-refractivity contribution is 7.92. The molecule has 0 N–H and O–H groups in total. The van der Waals surface area contributed by atoms with Gasteiger partial charge >= 0.3 is 0 Å². The standard InChI is InChI=1S/C18H26N2O2S2/c1-6-24(21,22)20(11-15-9-7-8-10-19-15)17-16(13(2)3)12-23-18(17)14(4)5/h7-10,12-14H,6,11H2,1-5H3. The molecular formula is C18H26N2O2S2. The predicted octanol–water partition coefficient (Wildman–Crippen LogP) is 4.75. The van der Waals surface area contributed by atoms with Crippen LogP contribution in [0.15, 0.2) is 29.8 Å². The number of rotatable bonds is 7. The second-order valence-electron chi connectivity index (χ2n) is 6.44. The quantitative estimate of drug-likeness (QED) is 0.711. The molecule has 0 fully saturated rings. The van der Waals surface area contributed by atoms with Crippen molar-refractivity contribution in [1.82, 2.24) is 4.98 Å². The van der Waals surface area contributed by atoms with Gasteiger partial charge in [-0.15, -0.1) is 11.3 Å². The van der Waals surface area contributed by atoms with Gasteiger partial charge in [0, 0.05) is 11.1 Å². The summed E-state index contributed by atoms with van der Waals surface area (Å²) < 4.78 is 27.3. The summed E-state index contributed by atoms with van der Waals surface area (Å²) in [6, 6.07) is 5.60. The first-order chi connectivity index (χ1) is 11.3. The summed E-state index contributed by atoms with van der Waals surface area (Å²) >= 11 is 1.65. The maximum Gasteiger partial charge on any atom is 0.235 e. The smallest absolute Gasteiger partial charge is 0.235 e.